The third kappa shape index (κ3) is 6.38. The molecule has 2 rings (SSSR count). The van der Waals surface area contributed by atoms with Crippen LogP contribution in [0, 0.1) is 0 Å². The third-order valence-electron chi connectivity index (χ3n) is 5.57. The molecule has 10 heteroatoms. The number of rotatable bonds is 4. The van der Waals surface area contributed by atoms with Gasteiger partial charge in [-0.05, 0) is 65.8 Å². The van der Waals surface area contributed by atoms with E-state index in [4.69, 9.17) is 13.9 Å². The van der Waals surface area contributed by atoms with Crippen molar-refractivity contribution in [1.29, 1.82) is 0 Å². The Morgan fingerprint density at radius 3 is 2.18 bits per heavy atom. The molecule has 1 aliphatic heterocycles. The molecule has 1 aromatic heterocycles. The van der Waals surface area contributed by atoms with E-state index in [0.29, 0.717) is 17.2 Å². The van der Waals surface area contributed by atoms with Gasteiger partial charge in [0, 0.05) is 6.07 Å². The Labute approximate surface area is 197 Å². The molecule has 1 aromatic rings. The van der Waals surface area contributed by atoms with Crippen molar-refractivity contribution < 1.29 is 28.6 Å². The summed E-state index contributed by atoms with van der Waals surface area (Å²) in [6.07, 6.45) is -1.08. The zero-order chi connectivity index (χ0) is 25.6. The van der Waals surface area contributed by atoms with E-state index in [-0.39, 0.29) is 10.9 Å². The highest BCUT2D eigenvalue weighted by atomic mass is 28.4. The standard InChI is InChI=1S/C23H39N3O6Si/c1-21(2,3)26-18(25(19(27)28)20(29)31-22(4,5)6)13-16(24-26)17-12-15(14-30-17)32-33(10,11)23(7,8)9/h12-13,17H,14H2,1-11H3,(H,27,28)/t17-/m0/s1. The number of hydrogen-bond acceptors (Lipinski definition) is 6. The number of carboxylic acid groups (broad SMARTS) is 1. The average molecular weight is 482 g/mol. The maximum Gasteiger partial charge on any atom is 0.425 e. The van der Waals surface area contributed by atoms with Crippen molar-refractivity contribution in [1.82, 2.24) is 9.78 Å². The lowest BCUT2D eigenvalue weighted by Gasteiger charge is -2.36. The number of carbonyl (C=O) groups is 2. The molecule has 0 saturated carbocycles. The van der Waals surface area contributed by atoms with Crippen LogP contribution < -0.4 is 4.90 Å². The van der Waals surface area contributed by atoms with Crippen LogP contribution >= 0.6 is 0 Å². The van der Waals surface area contributed by atoms with E-state index >= 15 is 0 Å². The van der Waals surface area contributed by atoms with E-state index in [9.17, 15) is 14.7 Å². The molecule has 0 fully saturated rings. The van der Waals surface area contributed by atoms with Crippen LogP contribution in [-0.4, -0.2) is 47.6 Å². The van der Waals surface area contributed by atoms with Crippen LogP contribution in [0.5, 0.6) is 0 Å². The van der Waals surface area contributed by atoms with E-state index < -0.39 is 37.7 Å². The first-order valence-electron chi connectivity index (χ1n) is 11.1. The zero-order valence-electron chi connectivity index (χ0n) is 21.8. The maximum absolute atomic E-state index is 12.7. The molecular formula is C23H39N3O6Si. The molecule has 0 aliphatic carbocycles. The highest BCUT2D eigenvalue weighted by Crippen LogP contribution is 2.40. The SMILES string of the molecule is CC(C)(C)OC(=O)N(C(=O)O)c1cc([C@@H]2C=C(O[Si](C)(C)C(C)(C)C)CO2)nn1C(C)(C)C. The predicted molar refractivity (Wildman–Crippen MR) is 129 cm³/mol. The molecule has 1 N–H and O–H groups in total. The van der Waals surface area contributed by atoms with Gasteiger partial charge in [-0.2, -0.15) is 10.00 Å². The number of nitrogens with zero attached hydrogens (tertiary/aromatic N) is 3. The van der Waals surface area contributed by atoms with Gasteiger partial charge >= 0.3 is 12.2 Å². The van der Waals surface area contributed by atoms with Crippen LogP contribution in [0.3, 0.4) is 0 Å². The summed E-state index contributed by atoms with van der Waals surface area (Å²) < 4.78 is 19.1. The van der Waals surface area contributed by atoms with Gasteiger partial charge in [-0.25, -0.2) is 14.3 Å². The number of amides is 2. The van der Waals surface area contributed by atoms with Crippen LogP contribution in [0.4, 0.5) is 15.4 Å². The minimum Gasteiger partial charge on any atom is -0.545 e. The van der Waals surface area contributed by atoms with Crippen molar-refractivity contribution in [3.63, 3.8) is 0 Å². The first-order chi connectivity index (χ1) is 14.7. The second-order valence-corrected chi connectivity index (χ2v) is 16.6. The Bertz CT molecular complexity index is 931. The molecule has 0 unspecified atom stereocenters. The summed E-state index contributed by atoms with van der Waals surface area (Å²) in [5.41, 5.74) is -0.969. The topological polar surface area (TPSA) is 103 Å². The van der Waals surface area contributed by atoms with Crippen LogP contribution in [0.1, 0.15) is 74.1 Å². The normalized spacial score (nSPS) is 17.5. The van der Waals surface area contributed by atoms with Gasteiger partial charge in [0.15, 0.2) is 0 Å². The van der Waals surface area contributed by atoms with Gasteiger partial charge < -0.3 is 19.0 Å². The van der Waals surface area contributed by atoms with Crippen molar-refractivity contribution in [2.45, 2.75) is 97.7 Å². The third-order valence-corrected chi connectivity index (χ3v) is 9.95. The Kier molecular flexibility index (Phi) is 7.17. The van der Waals surface area contributed by atoms with E-state index in [1.165, 1.54) is 4.68 Å². The minimum atomic E-state index is -2.03. The summed E-state index contributed by atoms with van der Waals surface area (Å²) in [7, 11) is -2.03. The Morgan fingerprint density at radius 1 is 1.15 bits per heavy atom. The van der Waals surface area contributed by atoms with Crippen LogP contribution in [0.25, 0.3) is 0 Å². The predicted octanol–water partition coefficient (Wildman–Crippen LogP) is 6.03. The second-order valence-electron chi connectivity index (χ2n) is 11.8. The number of imide groups is 1. The van der Waals surface area contributed by atoms with Crippen LogP contribution in [0.15, 0.2) is 17.9 Å². The van der Waals surface area contributed by atoms with Gasteiger partial charge in [-0.1, -0.05) is 20.8 Å². The molecule has 0 saturated heterocycles. The van der Waals surface area contributed by atoms with Gasteiger partial charge in [0.25, 0.3) is 0 Å². The highest BCUT2D eigenvalue weighted by molar-refractivity contribution is 6.74. The molecule has 186 valence electrons. The van der Waals surface area contributed by atoms with Crippen molar-refractivity contribution in [2.75, 3.05) is 11.5 Å². The van der Waals surface area contributed by atoms with Crippen molar-refractivity contribution >= 4 is 26.3 Å². The number of ether oxygens (including phenoxy) is 2. The molecule has 9 nitrogen and oxygen atoms in total. The number of aromatic nitrogens is 2. The van der Waals surface area contributed by atoms with Crippen molar-refractivity contribution in [3.05, 3.63) is 23.6 Å². The van der Waals surface area contributed by atoms with E-state index in [0.717, 1.165) is 5.76 Å². The summed E-state index contributed by atoms with van der Waals surface area (Å²) in [6, 6.07) is 1.56. The minimum absolute atomic E-state index is 0.0440. The molecule has 0 spiro atoms. The molecule has 0 aromatic carbocycles. The molecule has 2 amide bonds. The fourth-order valence-corrected chi connectivity index (χ4v) is 4.00. The quantitative estimate of drug-likeness (QED) is 0.523. The summed E-state index contributed by atoms with van der Waals surface area (Å²) in [5, 5.41) is 14.5. The molecule has 0 bridgehead atoms. The summed E-state index contributed by atoms with van der Waals surface area (Å²) >= 11 is 0. The monoisotopic (exact) mass is 481 g/mol. The molecular weight excluding hydrogens is 442 g/mol. The molecule has 2 heterocycles. The van der Waals surface area contributed by atoms with Gasteiger partial charge in [0.2, 0.25) is 8.32 Å². The lowest BCUT2D eigenvalue weighted by atomic mass is 10.1. The maximum atomic E-state index is 12.7. The summed E-state index contributed by atoms with van der Waals surface area (Å²) in [6.45, 7) is 21.8. The van der Waals surface area contributed by atoms with Crippen molar-refractivity contribution in [3.8, 4) is 0 Å². The molecule has 1 aliphatic rings. The molecule has 33 heavy (non-hydrogen) atoms. The largest absolute Gasteiger partial charge is 0.545 e. The average Bonchev–Trinajstić information content (AvgIpc) is 3.18. The van der Waals surface area contributed by atoms with Gasteiger partial charge in [-0.3, -0.25) is 0 Å². The Morgan fingerprint density at radius 2 is 1.73 bits per heavy atom. The molecule has 0 radical (unpaired) electrons. The van der Waals surface area contributed by atoms with Crippen LogP contribution in [0.2, 0.25) is 18.1 Å². The van der Waals surface area contributed by atoms with E-state index in [1.54, 1.807) is 26.8 Å². The Balaban J connectivity index is 2.45. The smallest absolute Gasteiger partial charge is 0.425 e. The van der Waals surface area contributed by atoms with Gasteiger partial charge in [-0.15, -0.1) is 0 Å². The number of anilines is 1. The number of carbonyl (C=O) groups excluding carboxylic acids is 1. The van der Waals surface area contributed by atoms with Gasteiger partial charge in [0.05, 0.1) is 11.2 Å². The summed E-state index contributed by atoms with van der Waals surface area (Å²) in [5.74, 6) is 0.843. The first kappa shape index (κ1) is 26.9. The Hall–Kier alpha value is -2.33. The fraction of sp³-hybridized carbons (Fsp3) is 0.696. The van der Waals surface area contributed by atoms with Gasteiger partial charge in [0.1, 0.15) is 29.9 Å². The number of hydrogen-bond donors (Lipinski definition) is 1. The lowest BCUT2D eigenvalue weighted by Crippen LogP contribution is -2.42. The van der Waals surface area contributed by atoms with Crippen molar-refractivity contribution in [2.24, 2.45) is 0 Å². The first-order valence-corrected chi connectivity index (χ1v) is 14.0. The highest BCUT2D eigenvalue weighted by Gasteiger charge is 2.41. The van der Waals surface area contributed by atoms with E-state index in [1.807, 2.05) is 26.8 Å². The lowest BCUT2D eigenvalue weighted by molar-refractivity contribution is 0.0578. The van der Waals surface area contributed by atoms with E-state index in [2.05, 4.69) is 39.0 Å². The zero-order valence-corrected chi connectivity index (χ0v) is 22.8. The van der Waals surface area contributed by atoms with Crippen LogP contribution in [-0.2, 0) is 19.4 Å². The molecule has 1 atom stereocenters. The fourth-order valence-electron chi connectivity index (χ4n) is 2.91. The summed E-state index contributed by atoms with van der Waals surface area (Å²) in [4.78, 5) is 25.4. The second kappa shape index (κ2) is 8.79.